The molecule has 1 aliphatic heterocycles. The fourth-order valence-electron chi connectivity index (χ4n) is 2.59. The van der Waals surface area contributed by atoms with Crippen LogP contribution in [0.1, 0.15) is 29.5 Å². The molecular formula is C20H18FN. The van der Waals surface area contributed by atoms with E-state index < -0.39 is 0 Å². The number of hydrogen-bond donors (Lipinski definition) is 0. The highest BCUT2D eigenvalue weighted by atomic mass is 19.1. The fourth-order valence-corrected chi connectivity index (χ4v) is 2.59. The Balaban J connectivity index is 1.63. The van der Waals surface area contributed by atoms with Gasteiger partial charge >= 0.3 is 0 Å². The predicted molar refractivity (Wildman–Crippen MR) is 92.0 cm³/mol. The van der Waals surface area contributed by atoms with Gasteiger partial charge in [-0.2, -0.15) is 0 Å². The van der Waals surface area contributed by atoms with Gasteiger partial charge in [-0.3, -0.25) is 4.99 Å². The molecule has 2 heteroatoms. The summed E-state index contributed by atoms with van der Waals surface area (Å²) in [6.07, 6.45) is 4.50. The van der Waals surface area contributed by atoms with Crippen LogP contribution in [0.15, 0.2) is 60.6 Å². The average Bonchev–Trinajstić information content (AvgIpc) is 3.00. The van der Waals surface area contributed by atoms with E-state index in [1.807, 2.05) is 6.21 Å². The summed E-state index contributed by atoms with van der Waals surface area (Å²) >= 11 is 0. The topological polar surface area (TPSA) is 12.4 Å². The third-order valence-electron chi connectivity index (χ3n) is 4.02. The largest absolute Gasteiger partial charge is 0.261 e. The van der Waals surface area contributed by atoms with Gasteiger partial charge in [-0.15, -0.1) is 0 Å². The van der Waals surface area contributed by atoms with E-state index in [1.165, 1.54) is 17.7 Å². The van der Waals surface area contributed by atoms with E-state index in [2.05, 4.69) is 36.3 Å². The van der Waals surface area contributed by atoms with E-state index >= 15 is 0 Å². The molecule has 110 valence electrons. The number of halogens is 1. The second-order valence-electron chi connectivity index (χ2n) is 5.57. The van der Waals surface area contributed by atoms with Crippen LogP contribution in [-0.4, -0.2) is 6.21 Å². The number of fused-ring (bicyclic) bond motifs is 1. The summed E-state index contributed by atoms with van der Waals surface area (Å²) < 4.78 is 12.9. The molecule has 0 saturated heterocycles. The Morgan fingerprint density at radius 1 is 0.955 bits per heavy atom. The lowest BCUT2D eigenvalue weighted by atomic mass is 9.96. The van der Waals surface area contributed by atoms with Crippen LogP contribution in [-0.2, 0) is 6.42 Å². The van der Waals surface area contributed by atoms with Crippen molar-refractivity contribution in [2.45, 2.75) is 19.3 Å². The molecule has 1 nitrogen and oxygen atoms in total. The minimum atomic E-state index is -0.223. The third-order valence-corrected chi connectivity index (χ3v) is 4.02. The smallest absolute Gasteiger partial charge is 0.123 e. The second-order valence-corrected chi connectivity index (χ2v) is 5.57. The van der Waals surface area contributed by atoms with Crippen LogP contribution in [0.25, 0.3) is 11.1 Å². The van der Waals surface area contributed by atoms with Gasteiger partial charge in [0.15, 0.2) is 0 Å². The quantitative estimate of drug-likeness (QED) is 0.681. The summed E-state index contributed by atoms with van der Waals surface area (Å²) in [4.78, 5) is 4.37. The first kappa shape index (κ1) is 14.5. The molecule has 22 heavy (non-hydrogen) atoms. The van der Waals surface area contributed by atoms with Gasteiger partial charge in [-0.25, -0.2) is 4.39 Å². The van der Waals surface area contributed by atoms with Crippen molar-refractivity contribution in [1.29, 1.82) is 0 Å². The Hall–Kier alpha value is -2.48. The van der Waals surface area contributed by atoms with Gasteiger partial charge in [0.2, 0.25) is 0 Å². The molecule has 2 aromatic rings. The van der Waals surface area contributed by atoms with Crippen molar-refractivity contribution in [2.24, 2.45) is 4.99 Å². The summed E-state index contributed by atoms with van der Waals surface area (Å²) in [6, 6.07) is 12.8. The molecule has 0 bridgehead atoms. The molecule has 1 aliphatic rings. The molecule has 0 atom stereocenters. The van der Waals surface area contributed by atoms with Crippen molar-refractivity contribution >= 4 is 23.0 Å². The summed E-state index contributed by atoms with van der Waals surface area (Å²) in [5.74, 6) is -0.223. The lowest BCUT2D eigenvalue weighted by Crippen LogP contribution is -1.88. The summed E-state index contributed by atoms with van der Waals surface area (Å²) in [7, 11) is 0. The Morgan fingerprint density at radius 2 is 1.59 bits per heavy atom. The van der Waals surface area contributed by atoms with Gasteiger partial charge in [0.25, 0.3) is 0 Å². The normalized spacial score (nSPS) is 12.2. The lowest BCUT2D eigenvalue weighted by Gasteiger charge is -2.10. The fraction of sp³-hybridized carbons (Fsp3) is 0.150. The highest BCUT2D eigenvalue weighted by Crippen LogP contribution is 2.30. The van der Waals surface area contributed by atoms with Crippen LogP contribution in [0.3, 0.4) is 0 Å². The maximum absolute atomic E-state index is 12.9. The maximum atomic E-state index is 12.9. The van der Waals surface area contributed by atoms with Gasteiger partial charge in [0, 0.05) is 12.6 Å². The van der Waals surface area contributed by atoms with E-state index in [9.17, 15) is 4.39 Å². The number of hydrogen-bond acceptors (Lipinski definition) is 1. The highest BCUT2D eigenvalue weighted by Gasteiger charge is 2.09. The van der Waals surface area contributed by atoms with Crippen LogP contribution >= 0.6 is 0 Å². The highest BCUT2D eigenvalue weighted by molar-refractivity contribution is 5.79. The molecule has 0 fully saturated rings. The van der Waals surface area contributed by atoms with Crippen LogP contribution < -0.4 is 0 Å². The molecule has 0 aromatic heterocycles. The van der Waals surface area contributed by atoms with Gasteiger partial charge in [0.1, 0.15) is 5.82 Å². The molecular weight excluding hydrogens is 273 g/mol. The summed E-state index contributed by atoms with van der Waals surface area (Å²) in [5, 5.41) is 0. The SMILES string of the molecule is C=C(CCC(=C)c1ccc2c(c1)N=CC2)c1ccc(F)cc1. The average molecular weight is 291 g/mol. The molecule has 0 unspecified atom stereocenters. The van der Waals surface area contributed by atoms with Crippen LogP contribution in [0.4, 0.5) is 10.1 Å². The molecule has 3 rings (SSSR count). The number of benzene rings is 2. The number of aliphatic imine (C=N–C) groups is 1. The summed E-state index contributed by atoms with van der Waals surface area (Å²) in [5.41, 5.74) is 6.51. The van der Waals surface area contributed by atoms with Gasteiger partial charge < -0.3 is 0 Å². The first-order valence-corrected chi connectivity index (χ1v) is 7.41. The van der Waals surface area contributed by atoms with Gasteiger partial charge in [-0.1, -0.05) is 37.4 Å². The molecule has 1 heterocycles. The summed E-state index contributed by atoms with van der Waals surface area (Å²) in [6.45, 7) is 8.27. The van der Waals surface area contributed by atoms with Crippen molar-refractivity contribution in [1.82, 2.24) is 0 Å². The first-order valence-electron chi connectivity index (χ1n) is 7.41. The maximum Gasteiger partial charge on any atom is 0.123 e. The predicted octanol–water partition coefficient (Wildman–Crippen LogP) is 5.59. The van der Waals surface area contributed by atoms with Crippen LogP contribution in [0.5, 0.6) is 0 Å². The van der Waals surface area contributed by atoms with Crippen molar-refractivity contribution in [3.8, 4) is 0 Å². The molecule has 0 radical (unpaired) electrons. The Labute approximate surface area is 130 Å². The monoisotopic (exact) mass is 291 g/mol. The minimum Gasteiger partial charge on any atom is -0.261 e. The molecule has 0 aliphatic carbocycles. The number of rotatable bonds is 5. The number of allylic oxidation sites excluding steroid dienone is 2. The Kier molecular flexibility index (Phi) is 4.01. The van der Waals surface area contributed by atoms with E-state index in [4.69, 9.17) is 0 Å². The third kappa shape index (κ3) is 3.06. The standard InChI is InChI=1S/C20H18FN/c1-14(16-7-9-19(21)10-8-16)3-4-15(2)18-6-5-17-11-12-22-20(17)13-18/h5-10,12-13H,1-4,11H2. The molecule has 0 amide bonds. The van der Waals surface area contributed by atoms with E-state index in [0.29, 0.717) is 0 Å². The van der Waals surface area contributed by atoms with Crippen molar-refractivity contribution in [2.75, 3.05) is 0 Å². The van der Waals surface area contributed by atoms with E-state index in [1.54, 1.807) is 12.1 Å². The van der Waals surface area contributed by atoms with Gasteiger partial charge in [-0.05, 0) is 58.9 Å². The second kappa shape index (κ2) is 6.10. The van der Waals surface area contributed by atoms with Crippen molar-refractivity contribution < 1.29 is 4.39 Å². The molecule has 0 N–H and O–H groups in total. The lowest BCUT2D eigenvalue weighted by molar-refractivity contribution is 0.627. The zero-order valence-corrected chi connectivity index (χ0v) is 12.5. The van der Waals surface area contributed by atoms with E-state index in [-0.39, 0.29) is 5.82 Å². The Morgan fingerprint density at radius 3 is 2.32 bits per heavy atom. The minimum absolute atomic E-state index is 0.223. The number of nitrogens with zero attached hydrogens (tertiary/aromatic N) is 1. The van der Waals surface area contributed by atoms with Crippen LogP contribution in [0.2, 0.25) is 0 Å². The molecule has 0 spiro atoms. The van der Waals surface area contributed by atoms with Crippen LogP contribution in [0, 0.1) is 5.82 Å². The first-order chi connectivity index (χ1) is 10.6. The van der Waals surface area contributed by atoms with Crippen molar-refractivity contribution in [3.63, 3.8) is 0 Å². The Bertz CT molecular complexity index is 754. The van der Waals surface area contributed by atoms with E-state index in [0.717, 1.165) is 47.2 Å². The van der Waals surface area contributed by atoms with Crippen molar-refractivity contribution in [3.05, 3.63) is 78.1 Å². The van der Waals surface area contributed by atoms with Gasteiger partial charge in [0.05, 0.1) is 5.69 Å². The molecule has 2 aromatic carbocycles. The zero-order chi connectivity index (χ0) is 15.5. The molecule has 0 saturated carbocycles. The zero-order valence-electron chi connectivity index (χ0n) is 12.5.